The molecule has 1 aliphatic rings. The van der Waals surface area contributed by atoms with E-state index in [2.05, 4.69) is 35.3 Å². The summed E-state index contributed by atoms with van der Waals surface area (Å²) in [4.78, 5) is 5.26. The minimum atomic E-state index is 1.16. The highest BCUT2D eigenvalue weighted by molar-refractivity contribution is 5.80. The molecule has 2 nitrogen and oxygen atoms in total. The molecule has 0 saturated carbocycles. The minimum Gasteiger partial charge on any atom is -0.354 e. The molecule has 1 aliphatic heterocycles. The Bertz CT molecular complexity index is 433. The number of likely N-dealkylation sites (tertiary alicyclic amines) is 1. The summed E-state index contributed by atoms with van der Waals surface area (Å²) < 4.78 is 0. The predicted molar refractivity (Wildman–Crippen MR) is 66.6 cm³/mol. The van der Waals surface area contributed by atoms with Gasteiger partial charge in [-0.15, -0.1) is 0 Å². The van der Waals surface area contributed by atoms with Crippen molar-refractivity contribution in [3.63, 3.8) is 0 Å². The number of rotatable bonds is 2. The molecule has 0 unspecified atom stereocenters. The number of quaternary nitrogens is 1. The zero-order valence-corrected chi connectivity index (χ0v) is 9.63. The average molecular weight is 215 g/mol. The van der Waals surface area contributed by atoms with Crippen molar-refractivity contribution in [2.24, 2.45) is 0 Å². The number of H-pyrrole nitrogens is 1. The van der Waals surface area contributed by atoms with Gasteiger partial charge in [-0.25, -0.2) is 0 Å². The number of piperidine rings is 1. The highest BCUT2D eigenvalue weighted by atomic mass is 15.1. The van der Waals surface area contributed by atoms with Gasteiger partial charge < -0.3 is 9.88 Å². The Morgan fingerprint density at radius 1 is 1.06 bits per heavy atom. The van der Waals surface area contributed by atoms with E-state index >= 15 is 0 Å². The summed E-state index contributed by atoms with van der Waals surface area (Å²) in [6.07, 6.45) is 4.22. The Kier molecular flexibility index (Phi) is 2.66. The quantitative estimate of drug-likeness (QED) is 0.761. The van der Waals surface area contributed by atoms with Crippen LogP contribution in [0.1, 0.15) is 25.0 Å². The van der Waals surface area contributed by atoms with E-state index in [-0.39, 0.29) is 0 Å². The Hall–Kier alpha value is -1.28. The van der Waals surface area contributed by atoms with Crippen molar-refractivity contribution < 1.29 is 4.90 Å². The molecule has 1 fully saturated rings. The molecule has 0 radical (unpaired) electrons. The maximum Gasteiger partial charge on any atom is 0.118 e. The van der Waals surface area contributed by atoms with E-state index < -0.39 is 0 Å². The largest absolute Gasteiger partial charge is 0.354 e. The number of fused-ring (bicyclic) bond motifs is 1. The van der Waals surface area contributed by atoms with Crippen molar-refractivity contribution >= 4 is 10.9 Å². The molecule has 84 valence electrons. The van der Waals surface area contributed by atoms with E-state index in [9.17, 15) is 0 Å². The number of nitrogens with one attached hydrogen (secondary N) is 2. The zero-order valence-electron chi connectivity index (χ0n) is 9.63. The fourth-order valence-corrected chi connectivity index (χ4v) is 2.73. The summed E-state index contributed by atoms with van der Waals surface area (Å²) in [7, 11) is 0. The lowest BCUT2D eigenvalue weighted by Crippen LogP contribution is -3.11. The SMILES string of the molecule is c1ccc2[nH]c(C[NH+]3CCCCC3)cc2c1. The van der Waals surface area contributed by atoms with Gasteiger partial charge in [0, 0.05) is 5.52 Å². The van der Waals surface area contributed by atoms with Gasteiger partial charge in [-0.05, 0) is 36.8 Å². The summed E-state index contributed by atoms with van der Waals surface area (Å²) in [5, 5.41) is 1.34. The van der Waals surface area contributed by atoms with Crippen LogP contribution >= 0.6 is 0 Å². The molecule has 3 rings (SSSR count). The zero-order chi connectivity index (χ0) is 10.8. The van der Waals surface area contributed by atoms with Crippen LogP contribution in [-0.4, -0.2) is 18.1 Å². The second-order valence-electron chi connectivity index (χ2n) is 4.87. The lowest BCUT2D eigenvalue weighted by atomic mass is 10.1. The van der Waals surface area contributed by atoms with E-state index in [1.165, 1.54) is 48.9 Å². The highest BCUT2D eigenvalue weighted by Gasteiger charge is 2.14. The third kappa shape index (κ3) is 1.98. The summed E-state index contributed by atoms with van der Waals surface area (Å²) in [5.41, 5.74) is 2.66. The molecule has 2 aromatic rings. The van der Waals surface area contributed by atoms with E-state index in [1.807, 2.05) is 0 Å². The predicted octanol–water partition coefficient (Wildman–Crippen LogP) is 1.74. The summed E-state index contributed by atoms with van der Waals surface area (Å²) in [5.74, 6) is 0. The maximum atomic E-state index is 3.52. The van der Waals surface area contributed by atoms with Crippen molar-refractivity contribution in [3.8, 4) is 0 Å². The van der Waals surface area contributed by atoms with Crippen LogP contribution in [0, 0.1) is 0 Å². The van der Waals surface area contributed by atoms with E-state index in [0.29, 0.717) is 0 Å². The molecule has 16 heavy (non-hydrogen) atoms. The number of benzene rings is 1. The molecular formula is C14H19N2+. The molecule has 0 aliphatic carbocycles. The summed E-state index contributed by atoms with van der Waals surface area (Å²) >= 11 is 0. The van der Waals surface area contributed by atoms with Crippen LogP contribution in [0.15, 0.2) is 30.3 Å². The lowest BCUT2D eigenvalue weighted by Gasteiger charge is -2.22. The van der Waals surface area contributed by atoms with Crippen LogP contribution in [0.2, 0.25) is 0 Å². The molecule has 1 aromatic carbocycles. The fraction of sp³-hybridized carbons (Fsp3) is 0.429. The molecule has 1 saturated heterocycles. The van der Waals surface area contributed by atoms with Crippen LogP contribution in [-0.2, 0) is 6.54 Å². The van der Waals surface area contributed by atoms with Crippen LogP contribution in [0.5, 0.6) is 0 Å². The molecule has 1 aromatic heterocycles. The number of hydrogen-bond acceptors (Lipinski definition) is 0. The number of aromatic amines is 1. The Morgan fingerprint density at radius 3 is 2.69 bits per heavy atom. The van der Waals surface area contributed by atoms with Crippen molar-refractivity contribution in [1.29, 1.82) is 0 Å². The van der Waals surface area contributed by atoms with Gasteiger partial charge in [0.25, 0.3) is 0 Å². The fourth-order valence-electron chi connectivity index (χ4n) is 2.73. The normalized spacial score (nSPS) is 18.0. The van der Waals surface area contributed by atoms with Crippen LogP contribution in [0.25, 0.3) is 10.9 Å². The first-order valence-corrected chi connectivity index (χ1v) is 6.32. The minimum absolute atomic E-state index is 1.16. The monoisotopic (exact) mass is 215 g/mol. The van der Waals surface area contributed by atoms with Crippen molar-refractivity contribution in [2.45, 2.75) is 25.8 Å². The Labute approximate surface area is 96.3 Å². The van der Waals surface area contributed by atoms with Gasteiger partial charge in [0.05, 0.1) is 18.8 Å². The molecule has 0 atom stereocenters. The molecule has 2 heteroatoms. The van der Waals surface area contributed by atoms with E-state index in [1.54, 1.807) is 4.90 Å². The van der Waals surface area contributed by atoms with E-state index in [0.717, 1.165) is 6.54 Å². The molecule has 2 N–H and O–H groups in total. The first-order chi connectivity index (χ1) is 7.92. The number of para-hydroxylation sites is 1. The molecule has 0 spiro atoms. The molecule has 0 amide bonds. The first-order valence-electron chi connectivity index (χ1n) is 6.32. The second-order valence-corrected chi connectivity index (χ2v) is 4.87. The molecule has 0 bridgehead atoms. The van der Waals surface area contributed by atoms with E-state index in [4.69, 9.17) is 0 Å². The van der Waals surface area contributed by atoms with Crippen LogP contribution in [0.4, 0.5) is 0 Å². The molecular weight excluding hydrogens is 196 g/mol. The first kappa shape index (κ1) is 9.91. The smallest absolute Gasteiger partial charge is 0.118 e. The third-order valence-corrected chi connectivity index (χ3v) is 3.59. The van der Waals surface area contributed by atoms with Crippen LogP contribution in [0.3, 0.4) is 0 Å². The second kappa shape index (κ2) is 4.30. The highest BCUT2D eigenvalue weighted by Crippen LogP contribution is 2.13. The number of aromatic nitrogens is 1. The van der Waals surface area contributed by atoms with Gasteiger partial charge in [-0.2, -0.15) is 0 Å². The summed E-state index contributed by atoms with van der Waals surface area (Å²) in [6, 6.07) is 10.8. The Morgan fingerprint density at radius 2 is 1.88 bits per heavy atom. The molecule has 2 heterocycles. The average Bonchev–Trinajstić information content (AvgIpc) is 2.72. The van der Waals surface area contributed by atoms with Crippen LogP contribution < -0.4 is 4.90 Å². The van der Waals surface area contributed by atoms with Crippen molar-refractivity contribution in [1.82, 2.24) is 4.98 Å². The van der Waals surface area contributed by atoms with Gasteiger partial charge in [-0.3, -0.25) is 0 Å². The van der Waals surface area contributed by atoms with Crippen molar-refractivity contribution in [2.75, 3.05) is 13.1 Å². The van der Waals surface area contributed by atoms with Gasteiger partial charge >= 0.3 is 0 Å². The van der Waals surface area contributed by atoms with Gasteiger partial charge in [-0.1, -0.05) is 18.2 Å². The standard InChI is InChI=1S/C14H18N2/c1-4-8-16(9-5-1)11-13-10-12-6-2-3-7-14(12)15-13/h2-3,6-7,10,15H,1,4-5,8-9,11H2/p+1. The van der Waals surface area contributed by atoms with Crippen molar-refractivity contribution in [3.05, 3.63) is 36.0 Å². The summed E-state index contributed by atoms with van der Waals surface area (Å²) in [6.45, 7) is 3.85. The van der Waals surface area contributed by atoms with Gasteiger partial charge in [0.15, 0.2) is 0 Å². The number of hydrogen-bond donors (Lipinski definition) is 2. The Balaban J connectivity index is 1.78. The lowest BCUT2D eigenvalue weighted by molar-refractivity contribution is -0.918. The van der Waals surface area contributed by atoms with Gasteiger partial charge in [0.1, 0.15) is 6.54 Å². The maximum absolute atomic E-state index is 3.52. The van der Waals surface area contributed by atoms with Gasteiger partial charge in [0.2, 0.25) is 0 Å². The topological polar surface area (TPSA) is 20.2 Å². The third-order valence-electron chi connectivity index (χ3n) is 3.59.